The second-order valence-corrected chi connectivity index (χ2v) is 4.34. The van der Waals surface area contributed by atoms with Crippen LogP contribution in [0.1, 0.15) is 0 Å². The Morgan fingerprint density at radius 2 is 2.00 bits per heavy atom. The molecule has 0 saturated heterocycles. The van der Waals surface area contributed by atoms with E-state index in [0.717, 1.165) is 11.1 Å². The molecule has 3 heterocycles. The largest absolute Gasteiger partial charge is 0.285 e. The van der Waals surface area contributed by atoms with Crippen LogP contribution in [0.3, 0.4) is 0 Å². The Morgan fingerprint density at radius 1 is 1.11 bits per heavy atom. The Bertz CT molecular complexity index is 747. The molecule has 0 unspecified atom stereocenters. The first kappa shape index (κ1) is 11.7. The molecule has 19 heavy (non-hydrogen) atoms. The summed E-state index contributed by atoms with van der Waals surface area (Å²) >= 11 is 5.74. The normalized spacial score (nSPS) is 10.6. The first-order chi connectivity index (χ1) is 9.24. The summed E-state index contributed by atoms with van der Waals surface area (Å²) in [5, 5.41) is 7.03. The Hall–Kier alpha value is -2.40. The second-order valence-electron chi connectivity index (χ2n) is 3.95. The van der Waals surface area contributed by atoms with Crippen LogP contribution in [0.2, 0.25) is 5.15 Å². The van der Waals surface area contributed by atoms with E-state index < -0.39 is 0 Å². The molecule has 3 aromatic rings. The molecule has 0 aliphatic rings. The van der Waals surface area contributed by atoms with E-state index in [1.807, 2.05) is 0 Å². The molecule has 0 aliphatic heterocycles. The van der Waals surface area contributed by atoms with Crippen LogP contribution in [0.4, 0.5) is 0 Å². The Morgan fingerprint density at radius 3 is 2.68 bits per heavy atom. The summed E-state index contributed by atoms with van der Waals surface area (Å²) in [6.07, 6.45) is 6.77. The quantitative estimate of drug-likeness (QED) is 0.728. The second kappa shape index (κ2) is 4.70. The van der Waals surface area contributed by atoms with Gasteiger partial charge in [-0.2, -0.15) is 5.10 Å². The van der Waals surface area contributed by atoms with Gasteiger partial charge in [-0.15, -0.1) is 0 Å². The monoisotopic (exact) mass is 272 g/mol. The van der Waals surface area contributed by atoms with Gasteiger partial charge in [0.1, 0.15) is 5.15 Å². The van der Waals surface area contributed by atoms with Crippen LogP contribution in [0.15, 0.2) is 53.8 Å². The number of aromatic nitrogens is 4. The van der Waals surface area contributed by atoms with Gasteiger partial charge in [0.05, 0.1) is 18.1 Å². The number of pyridine rings is 2. The zero-order chi connectivity index (χ0) is 13.2. The molecule has 1 N–H and O–H groups in total. The number of H-pyrrole nitrogens is 1. The first-order valence-corrected chi connectivity index (χ1v) is 5.95. The number of rotatable bonds is 2. The average molecular weight is 273 g/mol. The van der Waals surface area contributed by atoms with Crippen LogP contribution in [-0.2, 0) is 0 Å². The number of aromatic amines is 1. The Balaban J connectivity index is 2.13. The van der Waals surface area contributed by atoms with Crippen molar-refractivity contribution in [3.63, 3.8) is 0 Å². The van der Waals surface area contributed by atoms with Crippen molar-refractivity contribution in [2.24, 2.45) is 0 Å². The van der Waals surface area contributed by atoms with Gasteiger partial charge in [-0.3, -0.25) is 14.5 Å². The molecule has 0 aromatic carbocycles. The molecule has 0 fully saturated rings. The molecule has 0 amide bonds. The van der Waals surface area contributed by atoms with Gasteiger partial charge in [-0.25, -0.2) is 4.98 Å². The van der Waals surface area contributed by atoms with Crippen molar-refractivity contribution in [2.75, 3.05) is 0 Å². The van der Waals surface area contributed by atoms with Crippen LogP contribution >= 0.6 is 11.6 Å². The van der Waals surface area contributed by atoms with Crippen LogP contribution < -0.4 is 5.56 Å². The minimum atomic E-state index is -0.128. The molecule has 94 valence electrons. The first-order valence-electron chi connectivity index (χ1n) is 5.58. The third kappa shape index (κ3) is 2.28. The smallest absolute Gasteiger partial charge is 0.255 e. The number of nitrogens with one attached hydrogen (secondary N) is 1. The van der Waals surface area contributed by atoms with Crippen molar-refractivity contribution >= 4 is 11.6 Å². The summed E-state index contributed by atoms with van der Waals surface area (Å²) in [6.45, 7) is 0. The van der Waals surface area contributed by atoms with E-state index in [4.69, 9.17) is 11.6 Å². The van der Waals surface area contributed by atoms with E-state index in [1.54, 1.807) is 43.0 Å². The lowest BCUT2D eigenvalue weighted by molar-refractivity contribution is 0.980. The van der Waals surface area contributed by atoms with E-state index in [-0.39, 0.29) is 5.56 Å². The molecule has 3 aromatic heterocycles. The lowest BCUT2D eigenvalue weighted by atomic mass is 10.1. The van der Waals surface area contributed by atoms with Gasteiger partial charge in [-0.05, 0) is 18.2 Å². The Kier molecular flexibility index (Phi) is 2.89. The zero-order valence-electron chi connectivity index (χ0n) is 9.75. The van der Waals surface area contributed by atoms with Crippen LogP contribution in [0.25, 0.3) is 16.8 Å². The van der Waals surface area contributed by atoms with E-state index in [0.29, 0.717) is 10.8 Å². The highest BCUT2D eigenvalue weighted by atomic mass is 35.5. The van der Waals surface area contributed by atoms with E-state index in [2.05, 4.69) is 15.2 Å². The highest BCUT2D eigenvalue weighted by molar-refractivity contribution is 6.29. The molecular formula is C13H9ClN4O. The van der Waals surface area contributed by atoms with Gasteiger partial charge in [0.2, 0.25) is 0 Å². The van der Waals surface area contributed by atoms with Crippen LogP contribution in [0, 0.1) is 0 Å². The van der Waals surface area contributed by atoms with Crippen LogP contribution in [0.5, 0.6) is 0 Å². The SMILES string of the molecule is O=c1ccc(-c2cn[nH]c2)cn1-c1ccc(Cl)nc1. The fraction of sp³-hybridized carbons (Fsp3) is 0. The molecule has 0 atom stereocenters. The van der Waals surface area contributed by atoms with E-state index in [1.165, 1.54) is 10.6 Å². The van der Waals surface area contributed by atoms with Gasteiger partial charge < -0.3 is 0 Å². The third-order valence-electron chi connectivity index (χ3n) is 2.73. The topological polar surface area (TPSA) is 63.6 Å². The lowest BCUT2D eigenvalue weighted by Crippen LogP contribution is -2.16. The average Bonchev–Trinajstić information content (AvgIpc) is 2.94. The highest BCUT2D eigenvalue weighted by Gasteiger charge is 2.04. The van der Waals surface area contributed by atoms with Crippen LogP contribution in [-0.4, -0.2) is 19.7 Å². The fourth-order valence-corrected chi connectivity index (χ4v) is 1.89. The third-order valence-corrected chi connectivity index (χ3v) is 2.96. The van der Waals surface area contributed by atoms with Gasteiger partial charge >= 0.3 is 0 Å². The standard InChI is InChI=1S/C13H9ClN4O/c14-12-3-2-11(7-15-12)18-8-9(1-4-13(18)19)10-5-16-17-6-10/h1-8H,(H,16,17). The van der Waals surface area contributed by atoms with Gasteiger partial charge in [0.15, 0.2) is 0 Å². The predicted molar refractivity (Wildman–Crippen MR) is 72.4 cm³/mol. The molecule has 0 aliphatic carbocycles. The molecule has 6 heteroatoms. The van der Waals surface area contributed by atoms with E-state index >= 15 is 0 Å². The van der Waals surface area contributed by atoms with Crippen molar-refractivity contribution in [1.82, 2.24) is 19.7 Å². The molecule has 0 radical (unpaired) electrons. The molecule has 0 bridgehead atoms. The van der Waals surface area contributed by atoms with Crippen molar-refractivity contribution in [1.29, 1.82) is 0 Å². The maximum Gasteiger partial charge on any atom is 0.255 e. The van der Waals surface area contributed by atoms with Gasteiger partial charge in [0, 0.05) is 29.6 Å². The maximum absolute atomic E-state index is 11.9. The van der Waals surface area contributed by atoms with Crippen molar-refractivity contribution in [3.8, 4) is 16.8 Å². The molecule has 0 saturated carbocycles. The lowest BCUT2D eigenvalue weighted by Gasteiger charge is -2.06. The summed E-state index contributed by atoms with van der Waals surface area (Å²) in [5.74, 6) is 0. The summed E-state index contributed by atoms with van der Waals surface area (Å²) in [4.78, 5) is 15.9. The summed E-state index contributed by atoms with van der Waals surface area (Å²) < 4.78 is 1.52. The number of hydrogen-bond acceptors (Lipinski definition) is 3. The molecular weight excluding hydrogens is 264 g/mol. The number of halogens is 1. The van der Waals surface area contributed by atoms with Gasteiger partial charge in [-0.1, -0.05) is 11.6 Å². The van der Waals surface area contributed by atoms with Crippen molar-refractivity contribution < 1.29 is 0 Å². The highest BCUT2D eigenvalue weighted by Crippen LogP contribution is 2.17. The molecule has 0 spiro atoms. The van der Waals surface area contributed by atoms with Gasteiger partial charge in [0.25, 0.3) is 5.56 Å². The molecule has 5 nitrogen and oxygen atoms in total. The summed E-state index contributed by atoms with van der Waals surface area (Å²) in [7, 11) is 0. The fourth-order valence-electron chi connectivity index (χ4n) is 1.78. The minimum absolute atomic E-state index is 0.128. The molecule has 3 rings (SSSR count). The minimum Gasteiger partial charge on any atom is -0.285 e. The van der Waals surface area contributed by atoms with E-state index in [9.17, 15) is 4.79 Å². The number of nitrogens with zero attached hydrogens (tertiary/aromatic N) is 3. The maximum atomic E-state index is 11.9. The Labute approximate surface area is 113 Å². The zero-order valence-corrected chi connectivity index (χ0v) is 10.5. The van der Waals surface area contributed by atoms with Crippen molar-refractivity contribution in [2.45, 2.75) is 0 Å². The predicted octanol–water partition coefficient (Wildman–Crippen LogP) is 2.28. The number of hydrogen-bond donors (Lipinski definition) is 1. The summed E-state index contributed by atoms with van der Waals surface area (Å²) in [5.41, 5.74) is 2.34. The van der Waals surface area contributed by atoms with Crippen molar-refractivity contribution in [3.05, 3.63) is 64.6 Å². The summed E-state index contributed by atoms with van der Waals surface area (Å²) in [6, 6.07) is 6.66.